The number of carbonyl (C=O) groups is 3. The monoisotopic (exact) mass is 577 g/mol. The average Bonchev–Trinajstić information content (AvgIpc) is 3.28. The topological polar surface area (TPSA) is 124 Å². The first-order chi connectivity index (χ1) is 19.3. The number of amides is 2. The number of hydrogen-bond acceptors (Lipinski definition) is 7. The zero-order valence-electron chi connectivity index (χ0n) is 22.2. The van der Waals surface area contributed by atoms with Gasteiger partial charge in [-0.3, -0.25) is 14.4 Å². The van der Waals surface area contributed by atoms with E-state index in [2.05, 4.69) is 25.5 Å². The largest absolute Gasteiger partial charge is 0.573 e. The summed E-state index contributed by atoms with van der Waals surface area (Å²) >= 11 is 0. The molecule has 3 fully saturated rings. The molecule has 2 aromatic heterocycles. The van der Waals surface area contributed by atoms with Crippen molar-refractivity contribution < 1.29 is 41.4 Å². The number of aromatic nitrogens is 3. The third-order valence-corrected chi connectivity index (χ3v) is 8.18. The number of nitrogens with one attached hydrogen (secondary N) is 2. The van der Waals surface area contributed by atoms with E-state index in [9.17, 15) is 31.9 Å². The molecule has 2 heterocycles. The van der Waals surface area contributed by atoms with Gasteiger partial charge in [-0.25, -0.2) is 13.9 Å². The fourth-order valence-corrected chi connectivity index (χ4v) is 5.74. The molecule has 2 amide bonds. The van der Waals surface area contributed by atoms with Crippen molar-refractivity contribution in [2.45, 2.75) is 45.5 Å². The van der Waals surface area contributed by atoms with Gasteiger partial charge in [-0.1, -0.05) is 19.1 Å². The van der Waals surface area contributed by atoms with E-state index in [1.54, 1.807) is 0 Å². The Morgan fingerprint density at radius 1 is 1.12 bits per heavy atom. The summed E-state index contributed by atoms with van der Waals surface area (Å²) in [7, 11) is 1.38. The summed E-state index contributed by atoms with van der Waals surface area (Å²) in [5.74, 6) is -2.66. The molecule has 1 unspecified atom stereocenters. The number of esters is 1. The summed E-state index contributed by atoms with van der Waals surface area (Å²) in [5.41, 5.74) is -1.15. The second kappa shape index (κ2) is 10.3. The van der Waals surface area contributed by atoms with Crippen LogP contribution in [0, 0.1) is 22.6 Å². The lowest BCUT2D eigenvalue weighted by atomic mass is 9.45. The fourth-order valence-electron chi connectivity index (χ4n) is 5.74. The second-order valence-electron chi connectivity index (χ2n) is 10.8. The molecule has 6 rings (SSSR count). The molecule has 1 aromatic carbocycles. The number of ether oxygens (including phenoxy) is 2. The highest BCUT2D eigenvalue weighted by molar-refractivity contribution is 5.98. The van der Waals surface area contributed by atoms with Gasteiger partial charge < -0.3 is 20.1 Å². The molecule has 3 aromatic rings. The van der Waals surface area contributed by atoms with Crippen LogP contribution in [0.4, 0.5) is 17.6 Å². The Labute approximate surface area is 231 Å². The molecular weight excluding hydrogens is 550 g/mol. The van der Waals surface area contributed by atoms with Gasteiger partial charge in [0.05, 0.1) is 18.7 Å². The van der Waals surface area contributed by atoms with Crippen LogP contribution < -0.4 is 15.4 Å². The van der Waals surface area contributed by atoms with E-state index >= 15 is 0 Å². The van der Waals surface area contributed by atoms with Crippen LogP contribution >= 0.6 is 0 Å². The van der Waals surface area contributed by atoms with E-state index in [-0.39, 0.29) is 40.9 Å². The van der Waals surface area contributed by atoms with Gasteiger partial charge in [-0.15, -0.1) is 13.2 Å². The summed E-state index contributed by atoms with van der Waals surface area (Å²) in [4.78, 5) is 42.3. The maximum Gasteiger partial charge on any atom is 0.573 e. The Kier molecular flexibility index (Phi) is 7.12. The van der Waals surface area contributed by atoms with Crippen molar-refractivity contribution in [1.82, 2.24) is 25.2 Å². The van der Waals surface area contributed by atoms with Crippen molar-refractivity contribution in [2.24, 2.45) is 16.7 Å². The molecule has 0 radical (unpaired) electrons. The first kappa shape index (κ1) is 28.3. The van der Waals surface area contributed by atoms with E-state index in [0.717, 1.165) is 22.8 Å². The molecule has 0 saturated heterocycles. The van der Waals surface area contributed by atoms with Gasteiger partial charge in [0, 0.05) is 19.2 Å². The lowest BCUT2D eigenvalue weighted by molar-refractivity contribution is -0.274. The Morgan fingerprint density at radius 2 is 1.88 bits per heavy atom. The van der Waals surface area contributed by atoms with Crippen molar-refractivity contribution in [3.8, 4) is 5.75 Å². The molecule has 1 atom stereocenters. The minimum atomic E-state index is -4.87. The first-order valence-electron chi connectivity index (χ1n) is 12.9. The van der Waals surface area contributed by atoms with E-state index in [1.807, 2.05) is 6.92 Å². The van der Waals surface area contributed by atoms with Gasteiger partial charge in [0.15, 0.2) is 11.5 Å². The van der Waals surface area contributed by atoms with Crippen LogP contribution in [0.2, 0.25) is 0 Å². The molecule has 218 valence electrons. The van der Waals surface area contributed by atoms with Gasteiger partial charge >= 0.3 is 12.3 Å². The number of alkyl halides is 3. The molecule has 0 aliphatic heterocycles. The standard InChI is InChI=1S/C27H27F4N5O5/c1-25(6-7-26(24(39)40-2)10-16(25)11-26)14-33-23(38)20-9-19(35-21-18(28)13-34-36(20)21)22(37)32-12-15-4-3-5-17(8-15)41-27(29,30)31/h3-5,8-9,13,16H,6-7,10-12,14H2,1-2H3,(H,32,37)(H,33,38). The normalized spacial score (nSPS) is 23.4. The molecule has 2 bridgehead atoms. The highest BCUT2D eigenvalue weighted by atomic mass is 19.4. The summed E-state index contributed by atoms with van der Waals surface area (Å²) in [6.45, 7) is 2.15. The van der Waals surface area contributed by atoms with E-state index < -0.39 is 35.2 Å². The van der Waals surface area contributed by atoms with Crippen molar-refractivity contribution in [3.63, 3.8) is 0 Å². The number of fused-ring (bicyclic) bond motifs is 3. The maximum absolute atomic E-state index is 14.4. The number of nitrogens with zero attached hydrogens (tertiary/aromatic N) is 3. The predicted molar refractivity (Wildman–Crippen MR) is 134 cm³/mol. The molecule has 3 aliphatic rings. The van der Waals surface area contributed by atoms with Crippen LogP contribution in [-0.4, -0.2) is 52.4 Å². The Morgan fingerprint density at radius 3 is 2.54 bits per heavy atom. The summed E-state index contributed by atoms with van der Waals surface area (Å²) in [6, 6.07) is 6.22. The van der Waals surface area contributed by atoms with Crippen molar-refractivity contribution >= 4 is 23.4 Å². The minimum absolute atomic E-state index is 0.124. The fraction of sp³-hybridized carbons (Fsp3) is 0.444. The van der Waals surface area contributed by atoms with Crippen LogP contribution in [-0.2, 0) is 16.1 Å². The predicted octanol–water partition coefficient (Wildman–Crippen LogP) is 3.80. The Hall–Kier alpha value is -4.23. The molecule has 2 N–H and O–H groups in total. The average molecular weight is 578 g/mol. The first-order valence-corrected chi connectivity index (χ1v) is 12.9. The number of benzene rings is 1. The number of carbonyl (C=O) groups excluding carboxylic acids is 3. The zero-order valence-corrected chi connectivity index (χ0v) is 22.2. The van der Waals surface area contributed by atoms with Crippen molar-refractivity contribution in [1.29, 1.82) is 0 Å². The zero-order chi connectivity index (χ0) is 29.6. The third-order valence-electron chi connectivity index (χ3n) is 8.18. The van der Waals surface area contributed by atoms with Crippen LogP contribution in [0.25, 0.3) is 5.65 Å². The Balaban J connectivity index is 1.28. The van der Waals surface area contributed by atoms with E-state index in [1.165, 1.54) is 25.3 Å². The van der Waals surface area contributed by atoms with Crippen LogP contribution in [0.1, 0.15) is 59.1 Å². The van der Waals surface area contributed by atoms with Crippen molar-refractivity contribution in [2.75, 3.05) is 13.7 Å². The van der Waals surface area contributed by atoms with Crippen LogP contribution in [0.3, 0.4) is 0 Å². The highest BCUT2D eigenvalue weighted by Crippen LogP contribution is 2.63. The second-order valence-corrected chi connectivity index (χ2v) is 10.8. The summed E-state index contributed by atoms with van der Waals surface area (Å²) in [6.07, 6.45) is -1.26. The Bertz CT molecular complexity index is 1510. The molecule has 0 spiro atoms. The molecule has 10 nitrogen and oxygen atoms in total. The lowest BCUT2D eigenvalue weighted by Gasteiger charge is -2.59. The van der Waals surface area contributed by atoms with Gasteiger partial charge in [0.25, 0.3) is 11.8 Å². The van der Waals surface area contributed by atoms with E-state index in [0.29, 0.717) is 37.8 Å². The van der Waals surface area contributed by atoms with Gasteiger partial charge in [-0.05, 0) is 54.7 Å². The number of methoxy groups -OCH3 is 1. The maximum atomic E-state index is 14.4. The summed E-state index contributed by atoms with van der Waals surface area (Å²) in [5, 5.41) is 9.25. The van der Waals surface area contributed by atoms with Gasteiger partial charge in [-0.2, -0.15) is 5.10 Å². The number of hydrogen-bond donors (Lipinski definition) is 2. The van der Waals surface area contributed by atoms with E-state index in [4.69, 9.17) is 4.74 Å². The molecule has 14 heteroatoms. The molecule has 3 saturated carbocycles. The molecular formula is C27H27F4N5O5. The smallest absolute Gasteiger partial charge is 0.469 e. The van der Waals surface area contributed by atoms with Gasteiger partial charge in [0.2, 0.25) is 0 Å². The third kappa shape index (κ3) is 5.55. The number of halogens is 4. The summed E-state index contributed by atoms with van der Waals surface area (Å²) < 4.78 is 61.8. The van der Waals surface area contributed by atoms with Crippen LogP contribution in [0.15, 0.2) is 36.5 Å². The molecule has 41 heavy (non-hydrogen) atoms. The minimum Gasteiger partial charge on any atom is -0.469 e. The highest BCUT2D eigenvalue weighted by Gasteiger charge is 2.60. The quantitative estimate of drug-likeness (QED) is 0.308. The lowest BCUT2D eigenvalue weighted by Crippen LogP contribution is -2.58. The SMILES string of the molecule is COC(=O)C12CCC(C)(CNC(=O)c3cc(C(=O)NCc4cccc(OC(F)(F)F)c4)nc4c(F)cnn34)C(C1)C2. The van der Waals surface area contributed by atoms with Gasteiger partial charge in [0.1, 0.15) is 17.1 Å². The molecule has 3 aliphatic carbocycles. The van der Waals surface area contributed by atoms with Crippen molar-refractivity contribution in [3.05, 3.63) is 59.3 Å². The van der Waals surface area contributed by atoms with Crippen LogP contribution in [0.5, 0.6) is 5.75 Å². The number of rotatable bonds is 8.